The minimum absolute atomic E-state index is 0.0984. The number of anilines is 2. The molecule has 4 nitrogen and oxygen atoms in total. The Morgan fingerprint density at radius 1 is 0.727 bits per heavy atom. The summed E-state index contributed by atoms with van der Waals surface area (Å²) in [6, 6.07) is 21.0. The normalized spacial score (nSPS) is 11.5. The summed E-state index contributed by atoms with van der Waals surface area (Å²) in [5.41, 5.74) is 5.99. The molecule has 0 bridgehead atoms. The van der Waals surface area contributed by atoms with Gasteiger partial charge in [-0.15, -0.1) is 0 Å². The summed E-state index contributed by atoms with van der Waals surface area (Å²) >= 11 is 0. The summed E-state index contributed by atoms with van der Waals surface area (Å²) in [6.07, 6.45) is 0. The Hall–Kier alpha value is -3.14. The van der Waals surface area contributed by atoms with Crippen molar-refractivity contribution in [1.82, 2.24) is 0 Å². The molecule has 1 N–H and O–H groups in total. The lowest BCUT2D eigenvalue weighted by molar-refractivity contribution is -0.384. The van der Waals surface area contributed by atoms with Crippen LogP contribution in [0.15, 0.2) is 66.7 Å². The first kappa shape index (κ1) is 12.6. The molecule has 1 aliphatic heterocycles. The van der Waals surface area contributed by atoms with E-state index in [0.717, 1.165) is 33.6 Å². The Bertz CT molecular complexity index is 903. The molecule has 0 unspecified atom stereocenters. The van der Waals surface area contributed by atoms with Crippen LogP contribution in [-0.2, 0) is 0 Å². The maximum Gasteiger partial charge on any atom is 0.270 e. The van der Waals surface area contributed by atoms with Gasteiger partial charge in [-0.1, -0.05) is 42.5 Å². The summed E-state index contributed by atoms with van der Waals surface area (Å²) in [4.78, 5) is 10.7. The second kappa shape index (κ2) is 4.70. The van der Waals surface area contributed by atoms with E-state index in [1.165, 1.54) is 6.07 Å². The fraction of sp³-hybridized carbons (Fsp3) is 0. The Morgan fingerprint density at radius 2 is 1.32 bits per heavy atom. The van der Waals surface area contributed by atoms with Crippen LogP contribution in [0.2, 0.25) is 0 Å². The fourth-order valence-corrected chi connectivity index (χ4v) is 2.90. The van der Waals surface area contributed by atoms with E-state index in [2.05, 4.69) is 11.4 Å². The zero-order chi connectivity index (χ0) is 15.1. The van der Waals surface area contributed by atoms with Crippen LogP contribution in [0.1, 0.15) is 0 Å². The van der Waals surface area contributed by atoms with Gasteiger partial charge in [-0.2, -0.15) is 0 Å². The van der Waals surface area contributed by atoms with Crippen LogP contribution >= 0.6 is 0 Å². The Kier molecular flexibility index (Phi) is 2.69. The molecule has 0 saturated carbocycles. The van der Waals surface area contributed by atoms with Crippen LogP contribution < -0.4 is 5.32 Å². The van der Waals surface area contributed by atoms with Crippen molar-refractivity contribution in [3.05, 3.63) is 76.8 Å². The van der Waals surface area contributed by atoms with Gasteiger partial charge < -0.3 is 5.32 Å². The summed E-state index contributed by atoms with van der Waals surface area (Å²) in [5.74, 6) is 0. The lowest BCUT2D eigenvalue weighted by atomic mass is 9.94. The van der Waals surface area contributed by atoms with Gasteiger partial charge in [-0.25, -0.2) is 0 Å². The monoisotopic (exact) mass is 288 g/mol. The van der Waals surface area contributed by atoms with Gasteiger partial charge in [0.25, 0.3) is 5.69 Å². The quantitative estimate of drug-likeness (QED) is 0.396. The van der Waals surface area contributed by atoms with Crippen molar-refractivity contribution in [2.75, 3.05) is 5.32 Å². The van der Waals surface area contributed by atoms with Crippen LogP contribution in [0.5, 0.6) is 0 Å². The zero-order valence-corrected chi connectivity index (χ0v) is 11.6. The van der Waals surface area contributed by atoms with E-state index in [1.807, 2.05) is 42.5 Å². The van der Waals surface area contributed by atoms with Crippen molar-refractivity contribution >= 4 is 17.1 Å². The molecule has 0 amide bonds. The molecule has 22 heavy (non-hydrogen) atoms. The van der Waals surface area contributed by atoms with Gasteiger partial charge in [-0.3, -0.25) is 10.1 Å². The Balaban J connectivity index is 2.07. The van der Waals surface area contributed by atoms with E-state index >= 15 is 0 Å². The second-order valence-electron chi connectivity index (χ2n) is 5.20. The zero-order valence-electron chi connectivity index (χ0n) is 11.6. The molecular weight excluding hydrogens is 276 g/mol. The van der Waals surface area contributed by atoms with Gasteiger partial charge in [0.2, 0.25) is 0 Å². The standard InChI is InChI=1S/C18H12N2O2/c21-20(22)12-9-10-18-16(11-12)14-6-2-1-5-13(14)15-7-3-4-8-17(15)19-18/h1-11,19H. The summed E-state index contributed by atoms with van der Waals surface area (Å²) in [7, 11) is 0. The minimum Gasteiger partial charge on any atom is -0.355 e. The van der Waals surface area contributed by atoms with Crippen molar-refractivity contribution in [2.45, 2.75) is 0 Å². The Morgan fingerprint density at radius 3 is 2.05 bits per heavy atom. The van der Waals surface area contributed by atoms with Gasteiger partial charge in [0.05, 0.1) is 4.92 Å². The molecule has 0 saturated heterocycles. The molecule has 1 heterocycles. The molecule has 0 radical (unpaired) electrons. The number of non-ortho nitro benzene ring substituents is 1. The summed E-state index contributed by atoms with van der Waals surface area (Å²) < 4.78 is 0. The lowest BCUT2D eigenvalue weighted by Crippen LogP contribution is -1.93. The number of nitrogens with zero attached hydrogens (tertiary/aromatic N) is 1. The van der Waals surface area contributed by atoms with Gasteiger partial charge >= 0.3 is 0 Å². The molecule has 4 rings (SSSR count). The molecular formula is C18H12N2O2. The highest BCUT2D eigenvalue weighted by Crippen LogP contribution is 2.44. The Labute approximate surface area is 127 Å². The second-order valence-corrected chi connectivity index (χ2v) is 5.20. The highest BCUT2D eigenvalue weighted by Gasteiger charge is 2.20. The molecule has 0 atom stereocenters. The highest BCUT2D eigenvalue weighted by atomic mass is 16.6. The third-order valence-corrected chi connectivity index (χ3v) is 3.92. The molecule has 0 fully saturated rings. The average molecular weight is 288 g/mol. The predicted octanol–water partition coefficient (Wildman–Crippen LogP) is 4.99. The van der Waals surface area contributed by atoms with Crippen LogP contribution in [0.4, 0.5) is 17.1 Å². The topological polar surface area (TPSA) is 55.2 Å². The van der Waals surface area contributed by atoms with E-state index in [4.69, 9.17) is 0 Å². The van der Waals surface area contributed by atoms with E-state index < -0.39 is 0 Å². The van der Waals surface area contributed by atoms with Gasteiger partial charge in [0.1, 0.15) is 0 Å². The largest absolute Gasteiger partial charge is 0.355 e. The first-order valence-corrected chi connectivity index (χ1v) is 6.98. The van der Waals surface area contributed by atoms with Crippen LogP contribution in [0.3, 0.4) is 0 Å². The highest BCUT2D eigenvalue weighted by molar-refractivity contribution is 5.98. The molecule has 0 aliphatic carbocycles. The molecule has 1 aliphatic rings. The molecule has 4 heteroatoms. The third kappa shape index (κ3) is 1.85. The van der Waals surface area contributed by atoms with E-state index in [-0.39, 0.29) is 10.6 Å². The average Bonchev–Trinajstić information content (AvgIpc) is 2.69. The number of rotatable bonds is 1. The molecule has 3 aromatic rings. The number of benzene rings is 3. The van der Waals surface area contributed by atoms with Crippen molar-refractivity contribution in [3.8, 4) is 22.3 Å². The SMILES string of the molecule is O=[N+]([O-])c1ccc2c(c1)-c1ccccc1-c1ccccc1N2. The summed E-state index contributed by atoms with van der Waals surface area (Å²) in [5, 5.41) is 14.5. The summed E-state index contributed by atoms with van der Waals surface area (Å²) in [6.45, 7) is 0. The van der Waals surface area contributed by atoms with Crippen molar-refractivity contribution in [3.63, 3.8) is 0 Å². The van der Waals surface area contributed by atoms with Gasteiger partial charge in [0, 0.05) is 34.6 Å². The van der Waals surface area contributed by atoms with Crippen LogP contribution in [0, 0.1) is 10.1 Å². The fourth-order valence-electron chi connectivity index (χ4n) is 2.90. The van der Waals surface area contributed by atoms with Gasteiger partial charge in [-0.05, 0) is 23.3 Å². The molecule has 106 valence electrons. The first-order valence-electron chi connectivity index (χ1n) is 6.98. The van der Waals surface area contributed by atoms with E-state index in [1.54, 1.807) is 12.1 Å². The van der Waals surface area contributed by atoms with Crippen molar-refractivity contribution in [1.29, 1.82) is 0 Å². The van der Waals surface area contributed by atoms with Crippen LogP contribution in [-0.4, -0.2) is 4.92 Å². The lowest BCUT2D eigenvalue weighted by Gasteiger charge is -2.09. The first-order chi connectivity index (χ1) is 10.7. The maximum absolute atomic E-state index is 11.1. The molecule has 0 spiro atoms. The van der Waals surface area contributed by atoms with Gasteiger partial charge in [0.15, 0.2) is 0 Å². The van der Waals surface area contributed by atoms with Crippen molar-refractivity contribution < 1.29 is 4.92 Å². The van der Waals surface area contributed by atoms with Crippen molar-refractivity contribution in [2.24, 2.45) is 0 Å². The number of para-hydroxylation sites is 1. The number of hydrogen-bond acceptors (Lipinski definition) is 3. The number of nitro benzene ring substituents is 1. The molecule has 0 aromatic heterocycles. The van der Waals surface area contributed by atoms with Crippen LogP contribution in [0.25, 0.3) is 22.3 Å². The third-order valence-electron chi connectivity index (χ3n) is 3.92. The molecule has 3 aromatic carbocycles. The number of fused-ring (bicyclic) bond motifs is 5. The number of hydrogen-bond donors (Lipinski definition) is 1. The number of nitro groups is 1. The van der Waals surface area contributed by atoms with E-state index in [0.29, 0.717) is 0 Å². The predicted molar refractivity (Wildman–Crippen MR) is 87.3 cm³/mol. The number of nitrogens with one attached hydrogen (secondary N) is 1. The maximum atomic E-state index is 11.1. The minimum atomic E-state index is -0.360. The smallest absolute Gasteiger partial charge is 0.270 e. The van der Waals surface area contributed by atoms with E-state index in [9.17, 15) is 10.1 Å².